The molecule has 0 amide bonds. The lowest BCUT2D eigenvalue weighted by molar-refractivity contribution is 0.104. The third-order valence-electron chi connectivity index (χ3n) is 2.14. The number of ketones is 1. The summed E-state index contributed by atoms with van der Waals surface area (Å²) in [4.78, 5) is 11.7. The van der Waals surface area contributed by atoms with Gasteiger partial charge in [0.15, 0.2) is 0 Å². The van der Waals surface area contributed by atoms with Gasteiger partial charge in [-0.3, -0.25) is 4.79 Å². The smallest absolute Gasteiger partial charge is 0.202 e. The molecule has 0 aliphatic carbocycles. The van der Waals surface area contributed by atoms with Crippen LogP contribution in [0.5, 0.6) is 0 Å². The maximum atomic E-state index is 11.7. The minimum Gasteiger partial charge on any atom is -0.465 e. The van der Waals surface area contributed by atoms with E-state index in [9.17, 15) is 4.79 Å². The Balaban J connectivity index is 2.14. The van der Waals surface area contributed by atoms with Gasteiger partial charge in [0.1, 0.15) is 5.76 Å². The lowest BCUT2D eigenvalue weighted by Crippen LogP contribution is -2.01. The van der Waals surface area contributed by atoms with Crippen LogP contribution in [-0.4, -0.2) is 10.4 Å². The molecule has 0 aromatic carbocycles. The summed E-state index contributed by atoms with van der Waals surface area (Å²) in [7, 11) is 1.84. The summed E-state index contributed by atoms with van der Waals surface area (Å²) in [6, 6.07) is 7.21. The number of hydrogen-bond acceptors (Lipinski definition) is 2. The van der Waals surface area contributed by atoms with E-state index in [2.05, 4.69) is 0 Å². The quantitative estimate of drug-likeness (QED) is 0.565. The van der Waals surface area contributed by atoms with Crippen molar-refractivity contribution in [3.8, 4) is 0 Å². The average Bonchev–Trinajstić information content (AvgIpc) is 2.84. The number of allylic oxidation sites excluding steroid dienone is 1. The minimum atomic E-state index is -0.0288. The van der Waals surface area contributed by atoms with E-state index in [-0.39, 0.29) is 5.78 Å². The molecule has 0 bridgehead atoms. The number of carbonyl (C=O) groups excluding carboxylic acids is 1. The minimum absolute atomic E-state index is 0.0288. The monoisotopic (exact) mass is 201 g/mol. The zero-order chi connectivity index (χ0) is 10.7. The Labute approximate surface area is 87.6 Å². The van der Waals surface area contributed by atoms with Crippen LogP contribution in [0.15, 0.2) is 47.2 Å². The van der Waals surface area contributed by atoms with Gasteiger partial charge in [-0.15, -0.1) is 0 Å². The van der Waals surface area contributed by atoms with E-state index in [1.165, 1.54) is 6.08 Å². The van der Waals surface area contributed by atoms with Crippen LogP contribution < -0.4 is 0 Å². The van der Waals surface area contributed by atoms with Gasteiger partial charge in [-0.05, 0) is 36.4 Å². The molecule has 0 saturated heterocycles. The fraction of sp³-hybridized carbons (Fsp3) is 0.0833. The second-order valence-corrected chi connectivity index (χ2v) is 3.22. The Morgan fingerprint density at radius 1 is 1.40 bits per heavy atom. The van der Waals surface area contributed by atoms with Gasteiger partial charge >= 0.3 is 0 Å². The highest BCUT2D eigenvalue weighted by atomic mass is 16.3. The normalized spacial score (nSPS) is 11.0. The number of aromatic nitrogens is 1. The largest absolute Gasteiger partial charge is 0.465 e. The van der Waals surface area contributed by atoms with E-state index in [0.29, 0.717) is 11.5 Å². The van der Waals surface area contributed by atoms with Gasteiger partial charge < -0.3 is 8.98 Å². The fourth-order valence-electron chi connectivity index (χ4n) is 1.35. The summed E-state index contributed by atoms with van der Waals surface area (Å²) >= 11 is 0. The predicted molar refractivity (Wildman–Crippen MR) is 57.5 cm³/mol. The molecular formula is C12H11NO2. The van der Waals surface area contributed by atoms with E-state index >= 15 is 0 Å². The summed E-state index contributed by atoms with van der Waals surface area (Å²) in [5, 5.41) is 0. The third kappa shape index (κ3) is 2.07. The molecule has 76 valence electrons. The number of carbonyl (C=O) groups is 1. The second kappa shape index (κ2) is 4.00. The standard InChI is InChI=1S/C12H11NO2/c1-13-8-2-5-11(13)12(14)7-6-10-4-3-9-15-10/h2-9H,1H3/b7-6+. The maximum Gasteiger partial charge on any atom is 0.202 e. The van der Waals surface area contributed by atoms with Crippen molar-refractivity contribution in [2.24, 2.45) is 7.05 Å². The van der Waals surface area contributed by atoms with Crippen LogP contribution in [0.4, 0.5) is 0 Å². The zero-order valence-electron chi connectivity index (χ0n) is 8.38. The first kappa shape index (κ1) is 9.52. The van der Waals surface area contributed by atoms with Gasteiger partial charge in [-0.2, -0.15) is 0 Å². The highest BCUT2D eigenvalue weighted by Crippen LogP contribution is 2.06. The van der Waals surface area contributed by atoms with E-state index in [0.717, 1.165) is 0 Å². The lowest BCUT2D eigenvalue weighted by Gasteiger charge is -1.96. The molecule has 0 unspecified atom stereocenters. The lowest BCUT2D eigenvalue weighted by atomic mass is 10.2. The first-order valence-electron chi connectivity index (χ1n) is 4.64. The third-order valence-corrected chi connectivity index (χ3v) is 2.14. The van der Waals surface area contributed by atoms with Gasteiger partial charge in [0.05, 0.1) is 12.0 Å². The van der Waals surface area contributed by atoms with Gasteiger partial charge in [0, 0.05) is 13.2 Å². The van der Waals surface area contributed by atoms with Crippen LogP contribution in [0, 0.1) is 0 Å². The Morgan fingerprint density at radius 3 is 2.87 bits per heavy atom. The molecular weight excluding hydrogens is 190 g/mol. The molecule has 0 atom stereocenters. The van der Waals surface area contributed by atoms with Crippen LogP contribution in [0.2, 0.25) is 0 Å². The van der Waals surface area contributed by atoms with Crippen LogP contribution in [0.3, 0.4) is 0 Å². The Hall–Kier alpha value is -2.03. The molecule has 0 fully saturated rings. The van der Waals surface area contributed by atoms with Crippen molar-refractivity contribution in [2.45, 2.75) is 0 Å². The molecule has 2 aromatic heterocycles. The topological polar surface area (TPSA) is 35.1 Å². The summed E-state index contributed by atoms with van der Waals surface area (Å²) in [5.74, 6) is 0.649. The highest BCUT2D eigenvalue weighted by Gasteiger charge is 2.04. The molecule has 0 saturated carbocycles. The van der Waals surface area contributed by atoms with E-state index < -0.39 is 0 Å². The first-order valence-corrected chi connectivity index (χ1v) is 4.64. The summed E-state index contributed by atoms with van der Waals surface area (Å²) in [5.41, 5.74) is 0.665. The van der Waals surface area contributed by atoms with Crippen molar-refractivity contribution in [3.63, 3.8) is 0 Å². The van der Waals surface area contributed by atoms with Gasteiger partial charge in [-0.1, -0.05) is 0 Å². The highest BCUT2D eigenvalue weighted by molar-refractivity contribution is 6.05. The van der Waals surface area contributed by atoms with Crippen molar-refractivity contribution in [2.75, 3.05) is 0 Å². The summed E-state index contributed by atoms with van der Waals surface area (Å²) in [6.45, 7) is 0. The Kier molecular flexibility index (Phi) is 2.54. The molecule has 0 spiro atoms. The molecule has 2 aromatic rings. The number of rotatable bonds is 3. The Bertz CT molecular complexity index is 477. The van der Waals surface area contributed by atoms with Crippen LogP contribution in [0.1, 0.15) is 16.2 Å². The predicted octanol–water partition coefficient (Wildman–Crippen LogP) is 2.51. The fourth-order valence-corrected chi connectivity index (χ4v) is 1.35. The molecule has 0 aliphatic heterocycles. The maximum absolute atomic E-state index is 11.7. The number of aryl methyl sites for hydroxylation is 1. The summed E-state index contributed by atoms with van der Waals surface area (Å²) < 4.78 is 6.87. The SMILES string of the molecule is Cn1cccc1C(=O)/C=C/c1ccco1. The van der Waals surface area contributed by atoms with Crippen molar-refractivity contribution >= 4 is 11.9 Å². The van der Waals surface area contributed by atoms with Crippen molar-refractivity contribution in [1.82, 2.24) is 4.57 Å². The molecule has 2 rings (SSSR count). The van der Waals surface area contributed by atoms with Crippen molar-refractivity contribution in [1.29, 1.82) is 0 Å². The van der Waals surface area contributed by atoms with Crippen LogP contribution in [-0.2, 0) is 7.05 Å². The number of hydrogen-bond donors (Lipinski definition) is 0. The van der Waals surface area contributed by atoms with Gasteiger partial charge in [-0.25, -0.2) is 0 Å². The average molecular weight is 201 g/mol. The molecule has 0 aliphatic rings. The molecule has 0 radical (unpaired) electrons. The number of nitrogens with zero attached hydrogens (tertiary/aromatic N) is 1. The van der Waals surface area contributed by atoms with E-state index in [1.54, 1.807) is 35.1 Å². The first-order chi connectivity index (χ1) is 7.27. The van der Waals surface area contributed by atoms with Gasteiger partial charge in [0.25, 0.3) is 0 Å². The van der Waals surface area contributed by atoms with Crippen molar-refractivity contribution in [3.05, 3.63) is 54.3 Å². The summed E-state index contributed by atoms with van der Waals surface area (Å²) in [6.07, 6.45) is 6.59. The number of furan rings is 1. The molecule has 0 N–H and O–H groups in total. The van der Waals surface area contributed by atoms with E-state index in [1.807, 2.05) is 19.3 Å². The Morgan fingerprint density at radius 2 is 2.27 bits per heavy atom. The zero-order valence-corrected chi connectivity index (χ0v) is 8.38. The van der Waals surface area contributed by atoms with E-state index in [4.69, 9.17) is 4.42 Å². The molecule has 15 heavy (non-hydrogen) atoms. The molecule has 2 heterocycles. The van der Waals surface area contributed by atoms with Gasteiger partial charge in [0.2, 0.25) is 5.78 Å². The second-order valence-electron chi connectivity index (χ2n) is 3.22. The van der Waals surface area contributed by atoms with Crippen LogP contribution in [0.25, 0.3) is 6.08 Å². The van der Waals surface area contributed by atoms with Crippen LogP contribution >= 0.6 is 0 Å². The van der Waals surface area contributed by atoms with Crippen molar-refractivity contribution < 1.29 is 9.21 Å². The molecule has 3 heteroatoms. The molecule has 3 nitrogen and oxygen atoms in total.